The highest BCUT2D eigenvalue weighted by Gasteiger charge is 2.12. The van der Waals surface area contributed by atoms with Gasteiger partial charge in [-0.2, -0.15) is 0 Å². The van der Waals surface area contributed by atoms with Crippen LogP contribution in [0.25, 0.3) is 11.3 Å². The number of aromatic nitrogens is 1. The number of hydrogen-bond donors (Lipinski definition) is 1. The predicted octanol–water partition coefficient (Wildman–Crippen LogP) is 5.88. The number of halogens is 2. The maximum atomic E-state index is 6.18. The highest BCUT2D eigenvalue weighted by molar-refractivity contribution is 7.14. The highest BCUT2D eigenvalue weighted by Crippen LogP contribution is 2.36. The second-order valence-corrected chi connectivity index (χ2v) is 6.56. The summed E-state index contributed by atoms with van der Waals surface area (Å²) < 4.78 is 10.7. The molecule has 0 amide bonds. The number of benzene rings is 2. The molecule has 0 atom stereocenters. The average Bonchev–Trinajstić information content (AvgIpc) is 3.05. The fraction of sp³-hybridized carbons (Fsp3) is 0.118. The summed E-state index contributed by atoms with van der Waals surface area (Å²) in [5.41, 5.74) is 2.41. The molecule has 2 aromatic carbocycles. The van der Waals surface area contributed by atoms with Crippen molar-refractivity contribution in [2.75, 3.05) is 19.5 Å². The number of methoxy groups -OCH3 is 2. The van der Waals surface area contributed by atoms with E-state index < -0.39 is 0 Å². The van der Waals surface area contributed by atoms with Crippen LogP contribution in [0.1, 0.15) is 0 Å². The van der Waals surface area contributed by atoms with E-state index in [1.165, 1.54) is 11.3 Å². The van der Waals surface area contributed by atoms with Gasteiger partial charge in [0.15, 0.2) is 5.13 Å². The van der Waals surface area contributed by atoms with E-state index in [1.807, 2.05) is 29.6 Å². The van der Waals surface area contributed by atoms with Gasteiger partial charge in [0.25, 0.3) is 0 Å². The third-order valence-electron chi connectivity index (χ3n) is 3.36. The Morgan fingerprint density at radius 3 is 2.58 bits per heavy atom. The Balaban J connectivity index is 1.90. The zero-order chi connectivity index (χ0) is 17.1. The van der Waals surface area contributed by atoms with Gasteiger partial charge < -0.3 is 14.8 Å². The van der Waals surface area contributed by atoms with E-state index in [1.54, 1.807) is 26.4 Å². The lowest BCUT2D eigenvalue weighted by molar-refractivity contribution is 0.404. The molecule has 0 radical (unpaired) electrons. The zero-order valence-electron chi connectivity index (χ0n) is 13.0. The first kappa shape index (κ1) is 16.9. The molecule has 0 bridgehead atoms. The Kier molecular flexibility index (Phi) is 5.14. The quantitative estimate of drug-likeness (QED) is 0.600. The fourth-order valence-corrected chi connectivity index (χ4v) is 3.35. The van der Waals surface area contributed by atoms with Gasteiger partial charge in [-0.05, 0) is 36.4 Å². The monoisotopic (exact) mass is 380 g/mol. The summed E-state index contributed by atoms with van der Waals surface area (Å²) in [6.07, 6.45) is 0. The third kappa shape index (κ3) is 3.59. The SMILES string of the molecule is COc1ccc(OC)c(-c2csc(Nc3ccc(Cl)cc3Cl)n2)c1. The van der Waals surface area contributed by atoms with Gasteiger partial charge in [-0.3, -0.25) is 0 Å². The molecule has 0 aliphatic carbocycles. The summed E-state index contributed by atoms with van der Waals surface area (Å²) >= 11 is 13.6. The maximum absolute atomic E-state index is 6.18. The number of nitrogens with one attached hydrogen (secondary N) is 1. The average molecular weight is 381 g/mol. The molecule has 0 saturated carbocycles. The maximum Gasteiger partial charge on any atom is 0.187 e. The molecule has 0 saturated heterocycles. The van der Waals surface area contributed by atoms with E-state index in [0.29, 0.717) is 10.0 Å². The van der Waals surface area contributed by atoms with Crippen LogP contribution >= 0.6 is 34.5 Å². The molecule has 0 aliphatic rings. The van der Waals surface area contributed by atoms with Crippen LogP contribution in [-0.2, 0) is 0 Å². The van der Waals surface area contributed by atoms with E-state index in [2.05, 4.69) is 10.3 Å². The molecule has 1 heterocycles. The van der Waals surface area contributed by atoms with Crippen LogP contribution in [0.3, 0.4) is 0 Å². The standard InChI is InChI=1S/C17H14Cl2N2O2S/c1-22-11-4-6-16(23-2)12(8-11)15-9-24-17(21-15)20-14-5-3-10(18)7-13(14)19/h3-9H,1-2H3,(H,20,21). The molecule has 3 rings (SSSR count). The summed E-state index contributed by atoms with van der Waals surface area (Å²) in [6.45, 7) is 0. The van der Waals surface area contributed by atoms with Crippen LogP contribution in [0, 0.1) is 0 Å². The number of ether oxygens (including phenoxy) is 2. The van der Waals surface area contributed by atoms with Gasteiger partial charge in [0.1, 0.15) is 11.5 Å². The van der Waals surface area contributed by atoms with Crippen LogP contribution in [0.5, 0.6) is 11.5 Å². The van der Waals surface area contributed by atoms with Crippen LogP contribution in [0.2, 0.25) is 10.0 Å². The lowest BCUT2D eigenvalue weighted by Crippen LogP contribution is -1.92. The van der Waals surface area contributed by atoms with Crippen molar-refractivity contribution in [3.8, 4) is 22.8 Å². The van der Waals surface area contributed by atoms with E-state index in [4.69, 9.17) is 32.7 Å². The topological polar surface area (TPSA) is 43.4 Å². The van der Waals surface area contributed by atoms with Gasteiger partial charge in [-0.1, -0.05) is 23.2 Å². The van der Waals surface area contributed by atoms with Crippen molar-refractivity contribution in [1.29, 1.82) is 0 Å². The summed E-state index contributed by atoms with van der Waals surface area (Å²) in [7, 11) is 3.26. The minimum atomic E-state index is 0.540. The number of nitrogens with zero attached hydrogens (tertiary/aromatic N) is 1. The van der Waals surface area contributed by atoms with Gasteiger partial charge in [-0.15, -0.1) is 11.3 Å². The van der Waals surface area contributed by atoms with Crippen molar-refractivity contribution < 1.29 is 9.47 Å². The Labute approximate surface area is 154 Å². The number of thiazole rings is 1. The molecule has 7 heteroatoms. The summed E-state index contributed by atoms with van der Waals surface area (Å²) in [5.74, 6) is 1.48. The third-order valence-corrected chi connectivity index (χ3v) is 4.67. The molecule has 0 aliphatic heterocycles. The molecule has 1 aromatic heterocycles. The molecule has 1 N–H and O–H groups in total. The van der Waals surface area contributed by atoms with Crippen molar-refractivity contribution in [2.24, 2.45) is 0 Å². The van der Waals surface area contributed by atoms with Gasteiger partial charge in [0, 0.05) is 16.0 Å². The zero-order valence-corrected chi connectivity index (χ0v) is 15.3. The molecule has 0 spiro atoms. The highest BCUT2D eigenvalue weighted by atomic mass is 35.5. The second-order valence-electron chi connectivity index (χ2n) is 4.85. The van der Waals surface area contributed by atoms with Crippen LogP contribution in [-0.4, -0.2) is 19.2 Å². The lowest BCUT2D eigenvalue weighted by Gasteiger charge is -2.08. The van der Waals surface area contributed by atoms with Crippen LogP contribution < -0.4 is 14.8 Å². The van der Waals surface area contributed by atoms with E-state index in [9.17, 15) is 0 Å². The normalized spacial score (nSPS) is 10.5. The molecular formula is C17H14Cl2N2O2S. The van der Waals surface area contributed by atoms with Crippen molar-refractivity contribution in [3.05, 3.63) is 51.8 Å². The molecule has 124 valence electrons. The van der Waals surface area contributed by atoms with E-state index in [-0.39, 0.29) is 0 Å². The summed E-state index contributed by atoms with van der Waals surface area (Å²) in [6, 6.07) is 10.9. The van der Waals surface area contributed by atoms with Gasteiger partial charge >= 0.3 is 0 Å². The first-order valence-corrected chi connectivity index (χ1v) is 8.64. The Morgan fingerprint density at radius 1 is 1.04 bits per heavy atom. The fourth-order valence-electron chi connectivity index (χ4n) is 2.18. The van der Waals surface area contributed by atoms with Gasteiger partial charge in [-0.25, -0.2) is 4.98 Å². The molecule has 4 nitrogen and oxygen atoms in total. The van der Waals surface area contributed by atoms with Crippen LogP contribution in [0.4, 0.5) is 10.8 Å². The molecular weight excluding hydrogens is 367 g/mol. The molecule has 0 fully saturated rings. The largest absolute Gasteiger partial charge is 0.497 e. The smallest absolute Gasteiger partial charge is 0.187 e. The van der Waals surface area contributed by atoms with Crippen molar-refractivity contribution in [2.45, 2.75) is 0 Å². The Hall–Kier alpha value is -1.95. The molecule has 0 unspecified atom stereocenters. The lowest BCUT2D eigenvalue weighted by atomic mass is 10.1. The van der Waals surface area contributed by atoms with E-state index in [0.717, 1.165) is 33.6 Å². The predicted molar refractivity (Wildman–Crippen MR) is 100 cm³/mol. The van der Waals surface area contributed by atoms with E-state index >= 15 is 0 Å². The summed E-state index contributed by atoms with van der Waals surface area (Å²) in [4.78, 5) is 4.60. The van der Waals surface area contributed by atoms with Crippen molar-refractivity contribution >= 4 is 45.4 Å². The molecule has 24 heavy (non-hydrogen) atoms. The second kappa shape index (κ2) is 7.30. The Morgan fingerprint density at radius 2 is 1.88 bits per heavy atom. The minimum absolute atomic E-state index is 0.540. The first-order valence-electron chi connectivity index (χ1n) is 7.00. The number of rotatable bonds is 5. The number of anilines is 2. The molecule has 3 aromatic rings. The number of hydrogen-bond acceptors (Lipinski definition) is 5. The van der Waals surface area contributed by atoms with Gasteiger partial charge in [0.2, 0.25) is 0 Å². The summed E-state index contributed by atoms with van der Waals surface area (Å²) in [5, 5.41) is 7.00. The van der Waals surface area contributed by atoms with Crippen molar-refractivity contribution in [1.82, 2.24) is 4.98 Å². The van der Waals surface area contributed by atoms with Gasteiger partial charge in [0.05, 0.1) is 30.6 Å². The van der Waals surface area contributed by atoms with Crippen LogP contribution in [0.15, 0.2) is 41.8 Å². The van der Waals surface area contributed by atoms with Crippen molar-refractivity contribution in [3.63, 3.8) is 0 Å². The first-order chi connectivity index (χ1) is 11.6. The Bertz CT molecular complexity index is 868. The minimum Gasteiger partial charge on any atom is -0.497 e.